The number of halogens is 16. The summed E-state index contributed by atoms with van der Waals surface area (Å²) in [6, 6.07) is 0. The molecule has 0 amide bonds. The van der Waals surface area contributed by atoms with Crippen LogP contribution < -0.4 is 0 Å². The Bertz CT molecular complexity index is 803. The van der Waals surface area contributed by atoms with Gasteiger partial charge in [0.2, 0.25) is 5.82 Å². The molecule has 0 fully saturated rings. The molecular formula is C12H2F16O3. The predicted octanol–water partition coefficient (Wildman–Crippen LogP) is 5.17. The molecule has 1 N–H and O–H groups in total. The van der Waals surface area contributed by atoms with Gasteiger partial charge >= 0.3 is 24.5 Å². The van der Waals surface area contributed by atoms with Gasteiger partial charge in [0.05, 0.1) is 5.56 Å². The number of rotatable bonds is 7. The Hall–Kier alpha value is -2.02. The molecule has 1 aromatic rings. The van der Waals surface area contributed by atoms with E-state index in [-0.39, 0.29) is 0 Å². The molecule has 1 aromatic carbocycles. The molecule has 0 radical (unpaired) electrons. The van der Waals surface area contributed by atoms with Crippen molar-refractivity contribution in [3.63, 3.8) is 0 Å². The first-order chi connectivity index (χ1) is 13.5. The summed E-state index contributed by atoms with van der Waals surface area (Å²) in [4.78, 5) is 0. The average molecular weight is 498 g/mol. The van der Waals surface area contributed by atoms with Gasteiger partial charge in [0, 0.05) is 0 Å². The van der Waals surface area contributed by atoms with Gasteiger partial charge in [0.1, 0.15) is 0 Å². The van der Waals surface area contributed by atoms with Gasteiger partial charge in [-0.3, -0.25) is 4.74 Å². The minimum absolute atomic E-state index is 1.52. The van der Waals surface area contributed by atoms with Crippen molar-refractivity contribution >= 4 is 0 Å². The van der Waals surface area contributed by atoms with Crippen molar-refractivity contribution in [2.75, 3.05) is 0 Å². The highest BCUT2D eigenvalue weighted by Gasteiger charge is 2.72. The number of aliphatic hydroxyl groups is 1. The fraction of sp³-hybridized carbons (Fsp3) is 0.500. The molecule has 180 valence electrons. The molecule has 0 aromatic heterocycles. The number of hydrogen-bond acceptors (Lipinski definition) is 3. The summed E-state index contributed by atoms with van der Waals surface area (Å²) in [6.07, 6.45) is -33.6. The normalized spacial score (nSPS) is 16.9. The van der Waals surface area contributed by atoms with Crippen LogP contribution in [0.5, 0.6) is 0 Å². The zero-order valence-corrected chi connectivity index (χ0v) is 13.4. The van der Waals surface area contributed by atoms with Gasteiger partial charge in [-0.25, -0.2) is 35.5 Å². The molecule has 31 heavy (non-hydrogen) atoms. The quantitative estimate of drug-likeness (QED) is 0.321. The molecule has 2 unspecified atom stereocenters. The summed E-state index contributed by atoms with van der Waals surface area (Å²) in [7, 11) is 0. The van der Waals surface area contributed by atoms with Crippen molar-refractivity contribution in [2.24, 2.45) is 0 Å². The number of hydrogen-bond donors (Lipinski definition) is 1. The number of alkyl halides is 11. The maximum absolute atomic E-state index is 13.8. The van der Waals surface area contributed by atoms with Crippen LogP contribution in [0.25, 0.3) is 0 Å². The van der Waals surface area contributed by atoms with E-state index in [1.165, 1.54) is 4.74 Å². The van der Waals surface area contributed by atoms with Crippen LogP contribution >= 0.6 is 0 Å². The van der Waals surface area contributed by atoms with Crippen LogP contribution in [-0.4, -0.2) is 36.0 Å². The smallest absolute Gasteiger partial charge is 0.354 e. The summed E-state index contributed by atoms with van der Waals surface area (Å²) < 4.78 is 209. The lowest BCUT2D eigenvalue weighted by atomic mass is 10.0. The lowest BCUT2D eigenvalue weighted by molar-refractivity contribution is -0.527. The molecule has 0 spiro atoms. The van der Waals surface area contributed by atoms with Crippen LogP contribution in [0.15, 0.2) is 0 Å². The summed E-state index contributed by atoms with van der Waals surface area (Å²) >= 11 is 0. The van der Waals surface area contributed by atoms with E-state index in [1.54, 1.807) is 0 Å². The first-order valence-corrected chi connectivity index (χ1v) is 6.66. The first kappa shape index (κ1) is 27.0. The van der Waals surface area contributed by atoms with Crippen molar-refractivity contribution < 1.29 is 84.8 Å². The Morgan fingerprint density at radius 2 is 0.935 bits per heavy atom. The minimum atomic E-state index is -7.18. The molecule has 0 aliphatic carbocycles. The highest BCUT2D eigenvalue weighted by molar-refractivity contribution is 5.28. The van der Waals surface area contributed by atoms with E-state index in [1.807, 2.05) is 0 Å². The van der Waals surface area contributed by atoms with Crippen LogP contribution in [0.2, 0.25) is 0 Å². The molecule has 3 nitrogen and oxygen atoms in total. The molecule has 0 heterocycles. The molecule has 1 rings (SSSR count). The van der Waals surface area contributed by atoms with E-state index in [0.717, 1.165) is 0 Å². The Labute approximate surface area is 157 Å². The Morgan fingerprint density at radius 3 is 1.29 bits per heavy atom. The maximum atomic E-state index is 13.8. The third kappa shape index (κ3) is 4.76. The summed E-state index contributed by atoms with van der Waals surface area (Å²) in [6.45, 7) is 0. The van der Waals surface area contributed by atoms with E-state index in [0.29, 0.717) is 0 Å². The molecule has 0 aliphatic rings. The van der Waals surface area contributed by atoms with Gasteiger partial charge in [0.25, 0.3) is 12.2 Å². The lowest BCUT2D eigenvalue weighted by Crippen LogP contribution is -2.55. The largest absolute Gasteiger partial charge is 0.483 e. The predicted molar refractivity (Wildman–Crippen MR) is 59.2 cm³/mol. The van der Waals surface area contributed by atoms with Crippen molar-refractivity contribution in [2.45, 2.75) is 36.7 Å². The Balaban J connectivity index is 3.34. The van der Waals surface area contributed by atoms with Crippen LogP contribution in [-0.2, 0) is 15.3 Å². The van der Waals surface area contributed by atoms with E-state index < -0.39 is 71.4 Å². The molecule has 0 aliphatic heterocycles. The molecule has 0 saturated carbocycles. The number of benzene rings is 1. The summed E-state index contributed by atoms with van der Waals surface area (Å²) in [5, 5.41) is 8.90. The number of ether oxygens (including phenoxy) is 2. The molecular weight excluding hydrogens is 496 g/mol. The van der Waals surface area contributed by atoms with Crippen molar-refractivity contribution in [1.29, 1.82) is 0 Å². The molecule has 0 bridgehead atoms. The van der Waals surface area contributed by atoms with E-state index in [2.05, 4.69) is 4.74 Å². The third-order valence-corrected chi connectivity index (χ3v) is 3.04. The highest BCUT2D eigenvalue weighted by atomic mass is 19.4. The van der Waals surface area contributed by atoms with Gasteiger partial charge in [-0.05, 0) is 0 Å². The summed E-state index contributed by atoms with van der Waals surface area (Å²) in [5.41, 5.74) is -3.29. The van der Waals surface area contributed by atoms with E-state index >= 15 is 0 Å². The molecule has 19 heteroatoms. The highest BCUT2D eigenvalue weighted by Crippen LogP contribution is 2.48. The topological polar surface area (TPSA) is 38.7 Å². The lowest BCUT2D eigenvalue weighted by Gasteiger charge is -2.32. The molecule has 2 atom stereocenters. The maximum Gasteiger partial charge on any atom is 0.483 e. The second kappa shape index (κ2) is 7.84. The van der Waals surface area contributed by atoms with Crippen molar-refractivity contribution in [1.82, 2.24) is 0 Å². The van der Waals surface area contributed by atoms with Crippen molar-refractivity contribution in [3.8, 4) is 0 Å². The van der Waals surface area contributed by atoms with Crippen LogP contribution in [0.4, 0.5) is 70.2 Å². The van der Waals surface area contributed by atoms with Crippen LogP contribution in [0, 0.1) is 29.1 Å². The van der Waals surface area contributed by atoms with Gasteiger partial charge in [-0.2, -0.15) is 39.5 Å². The van der Waals surface area contributed by atoms with Gasteiger partial charge in [0.15, 0.2) is 23.3 Å². The van der Waals surface area contributed by atoms with E-state index in [4.69, 9.17) is 5.11 Å². The Morgan fingerprint density at radius 1 is 0.581 bits per heavy atom. The monoisotopic (exact) mass is 498 g/mol. The second-order valence-corrected chi connectivity index (χ2v) is 5.20. The Kier molecular flexibility index (Phi) is 6.83. The van der Waals surface area contributed by atoms with Gasteiger partial charge in [-0.15, -0.1) is 0 Å². The minimum Gasteiger partial charge on any atom is -0.354 e. The third-order valence-electron chi connectivity index (χ3n) is 3.04. The average Bonchev–Trinajstić information content (AvgIpc) is 2.55. The van der Waals surface area contributed by atoms with Crippen LogP contribution in [0.1, 0.15) is 5.56 Å². The molecule has 0 saturated heterocycles. The van der Waals surface area contributed by atoms with Gasteiger partial charge < -0.3 is 5.11 Å². The zero-order chi connectivity index (χ0) is 25.0. The summed E-state index contributed by atoms with van der Waals surface area (Å²) in [5.74, 6) is -22.0. The van der Waals surface area contributed by atoms with Gasteiger partial charge in [-0.1, -0.05) is 0 Å². The fourth-order valence-electron chi connectivity index (χ4n) is 1.58. The SMILES string of the molecule is OC(F)(c1c(F)c(F)c(F)c(F)c1F)C(F)OC(F)(F)C(F)(F)OC(F)(F)C(F)(F)F. The standard InChI is InChI=1S/C12H2F16O3/c13-2-1(3(14)5(16)6(17)4(2)15)8(19,29)7(18)30-11(25,26)12(27,28)31-10(23,24)9(20,21)22/h7,29H. The van der Waals surface area contributed by atoms with E-state index in [9.17, 15) is 70.2 Å². The second-order valence-electron chi connectivity index (χ2n) is 5.20. The zero-order valence-electron chi connectivity index (χ0n) is 13.4. The fourth-order valence-corrected chi connectivity index (χ4v) is 1.58. The van der Waals surface area contributed by atoms with Crippen molar-refractivity contribution in [3.05, 3.63) is 34.6 Å². The first-order valence-electron chi connectivity index (χ1n) is 6.66. The van der Waals surface area contributed by atoms with Crippen LogP contribution in [0.3, 0.4) is 0 Å².